The Morgan fingerprint density at radius 3 is 2.72 bits per heavy atom. The van der Waals surface area contributed by atoms with Crippen molar-refractivity contribution in [2.45, 2.75) is 37.9 Å². The third-order valence-corrected chi connectivity index (χ3v) is 8.36. The lowest BCUT2D eigenvalue weighted by atomic mass is 9.83. The Hall–Kier alpha value is -1.40. The summed E-state index contributed by atoms with van der Waals surface area (Å²) in [5, 5.41) is 0. The first-order valence-corrected chi connectivity index (χ1v) is 10.7. The molecule has 1 amide bonds. The summed E-state index contributed by atoms with van der Waals surface area (Å²) in [5.41, 5.74) is 2.36. The van der Waals surface area contributed by atoms with Gasteiger partial charge in [0, 0.05) is 32.0 Å². The predicted octanol–water partition coefficient (Wildman–Crippen LogP) is 1.98. The lowest BCUT2D eigenvalue weighted by molar-refractivity contribution is -0.137. The number of hydrogen-bond acceptors (Lipinski definition) is 4. The second-order valence-electron chi connectivity index (χ2n) is 7.20. The molecule has 2 aliphatic heterocycles. The lowest BCUT2D eigenvalue weighted by Gasteiger charge is -2.50. The molecule has 0 bridgehead atoms. The van der Waals surface area contributed by atoms with Crippen molar-refractivity contribution in [2.75, 3.05) is 32.1 Å². The van der Waals surface area contributed by atoms with E-state index in [4.69, 9.17) is 4.74 Å². The Morgan fingerprint density at radius 2 is 2.04 bits per heavy atom. The molecule has 0 saturated carbocycles. The van der Waals surface area contributed by atoms with Gasteiger partial charge in [-0.2, -0.15) is 0 Å². The molecule has 5 nitrogen and oxygen atoms in total. The zero-order valence-electron chi connectivity index (χ0n) is 15.0. The van der Waals surface area contributed by atoms with Crippen LogP contribution in [0.25, 0.3) is 0 Å². The summed E-state index contributed by atoms with van der Waals surface area (Å²) in [6, 6.07) is 8.06. The molecule has 0 aliphatic carbocycles. The molecule has 2 heterocycles. The van der Waals surface area contributed by atoms with Crippen molar-refractivity contribution in [3.63, 3.8) is 0 Å². The fourth-order valence-electron chi connectivity index (χ4n) is 4.03. The number of aryl methyl sites for hydroxylation is 2. The molecule has 3 rings (SSSR count). The number of likely N-dealkylation sites (tertiary alicyclic amines) is 1. The van der Waals surface area contributed by atoms with Crippen LogP contribution in [0.3, 0.4) is 0 Å². The van der Waals surface area contributed by atoms with Crippen molar-refractivity contribution < 1.29 is 17.9 Å². The summed E-state index contributed by atoms with van der Waals surface area (Å²) in [6.45, 7) is 5.69. The van der Waals surface area contributed by atoms with Crippen LogP contribution in [0, 0.1) is 12.8 Å². The van der Waals surface area contributed by atoms with Crippen LogP contribution in [0.15, 0.2) is 24.3 Å². The summed E-state index contributed by atoms with van der Waals surface area (Å²) in [5.74, 6) is 0.278. The van der Waals surface area contributed by atoms with Gasteiger partial charge < -0.3 is 9.64 Å². The van der Waals surface area contributed by atoms with E-state index in [1.807, 2.05) is 38.1 Å². The smallest absolute Gasteiger partial charge is 0.223 e. The number of sulfone groups is 1. The minimum absolute atomic E-state index is 0.0119. The zero-order chi connectivity index (χ0) is 18.1. The largest absolute Gasteiger partial charge is 0.381 e. The zero-order valence-corrected chi connectivity index (χ0v) is 15.8. The number of ether oxygens (including phenoxy) is 1. The topological polar surface area (TPSA) is 63.7 Å². The third kappa shape index (κ3) is 3.34. The Kier molecular flexibility index (Phi) is 5.21. The van der Waals surface area contributed by atoms with Gasteiger partial charge >= 0.3 is 0 Å². The van der Waals surface area contributed by atoms with Gasteiger partial charge in [-0.1, -0.05) is 24.3 Å². The molecule has 138 valence electrons. The first-order chi connectivity index (χ1) is 11.9. The number of benzene rings is 1. The highest BCUT2D eigenvalue weighted by atomic mass is 32.2. The third-order valence-electron chi connectivity index (χ3n) is 5.76. The number of amides is 1. The van der Waals surface area contributed by atoms with E-state index in [0.29, 0.717) is 45.6 Å². The van der Waals surface area contributed by atoms with Gasteiger partial charge in [0.25, 0.3) is 0 Å². The van der Waals surface area contributed by atoms with Crippen molar-refractivity contribution in [2.24, 2.45) is 5.92 Å². The maximum absolute atomic E-state index is 12.5. The summed E-state index contributed by atoms with van der Waals surface area (Å²) in [4.78, 5) is 14.2. The van der Waals surface area contributed by atoms with Crippen LogP contribution < -0.4 is 0 Å². The van der Waals surface area contributed by atoms with E-state index in [2.05, 4.69) is 0 Å². The molecule has 1 spiro atoms. The fraction of sp³-hybridized carbons (Fsp3) is 0.632. The van der Waals surface area contributed by atoms with Crippen LogP contribution in [-0.4, -0.2) is 56.0 Å². The van der Waals surface area contributed by atoms with Crippen molar-refractivity contribution in [3.8, 4) is 0 Å². The molecule has 25 heavy (non-hydrogen) atoms. The van der Waals surface area contributed by atoms with E-state index in [-0.39, 0.29) is 17.6 Å². The molecule has 1 aromatic rings. The van der Waals surface area contributed by atoms with Gasteiger partial charge in [-0.25, -0.2) is 8.42 Å². The van der Waals surface area contributed by atoms with Gasteiger partial charge in [0.2, 0.25) is 5.91 Å². The molecule has 0 unspecified atom stereocenters. The summed E-state index contributed by atoms with van der Waals surface area (Å²) >= 11 is 0. The van der Waals surface area contributed by atoms with Crippen LogP contribution in [-0.2, 0) is 25.8 Å². The van der Waals surface area contributed by atoms with Crippen molar-refractivity contribution in [1.82, 2.24) is 4.90 Å². The Labute approximate surface area is 150 Å². The molecule has 2 saturated heterocycles. The number of rotatable bonds is 6. The molecule has 1 aromatic carbocycles. The maximum atomic E-state index is 12.5. The average Bonchev–Trinajstić information content (AvgIpc) is 2.81. The number of nitrogens with zero attached hydrogens (tertiary/aromatic N) is 1. The van der Waals surface area contributed by atoms with E-state index >= 15 is 0 Å². The average molecular weight is 365 g/mol. The van der Waals surface area contributed by atoms with Crippen LogP contribution in [0.4, 0.5) is 0 Å². The van der Waals surface area contributed by atoms with Gasteiger partial charge in [0.05, 0.1) is 12.4 Å². The molecule has 1 atom stereocenters. The van der Waals surface area contributed by atoms with Crippen molar-refractivity contribution in [1.29, 1.82) is 0 Å². The number of carbonyl (C=O) groups excluding carboxylic acids is 1. The maximum Gasteiger partial charge on any atom is 0.223 e. The second kappa shape index (κ2) is 7.08. The highest BCUT2D eigenvalue weighted by Crippen LogP contribution is 2.45. The summed E-state index contributed by atoms with van der Waals surface area (Å²) in [6.07, 6.45) is 1.77. The van der Waals surface area contributed by atoms with Crippen molar-refractivity contribution >= 4 is 15.7 Å². The van der Waals surface area contributed by atoms with E-state index in [9.17, 15) is 13.2 Å². The van der Waals surface area contributed by atoms with E-state index in [1.54, 1.807) is 4.90 Å². The van der Waals surface area contributed by atoms with Crippen LogP contribution in [0.2, 0.25) is 0 Å². The Balaban J connectivity index is 1.60. The Bertz CT molecular complexity index is 738. The normalized spacial score (nSPS) is 23.6. The standard InChI is InChI=1S/C19H27NO4S/c1-3-24-12-17-10-11-25(22,23)19(17)13-20(14-19)18(21)9-8-16-7-5-4-6-15(16)2/h4-7,17H,3,8-14H2,1-2H3/t17-/m1/s1. The minimum Gasteiger partial charge on any atom is -0.381 e. The SMILES string of the molecule is CCOC[C@H]1CCS(=O)(=O)C12CN(C(=O)CCc1ccccc1C)C2. The molecule has 0 radical (unpaired) electrons. The highest BCUT2D eigenvalue weighted by molar-refractivity contribution is 7.93. The van der Waals surface area contributed by atoms with E-state index in [0.717, 1.165) is 0 Å². The first kappa shape index (κ1) is 18.4. The molecule has 0 N–H and O–H groups in total. The van der Waals surface area contributed by atoms with Crippen LogP contribution in [0.5, 0.6) is 0 Å². The molecular weight excluding hydrogens is 338 g/mol. The second-order valence-corrected chi connectivity index (χ2v) is 9.66. The van der Waals surface area contributed by atoms with Crippen molar-refractivity contribution in [3.05, 3.63) is 35.4 Å². The quantitative estimate of drug-likeness (QED) is 0.773. The molecule has 0 aromatic heterocycles. The van der Waals surface area contributed by atoms with Gasteiger partial charge in [0.1, 0.15) is 4.75 Å². The van der Waals surface area contributed by atoms with Crippen LogP contribution in [0.1, 0.15) is 30.9 Å². The predicted molar refractivity (Wildman–Crippen MR) is 97.2 cm³/mol. The van der Waals surface area contributed by atoms with E-state index < -0.39 is 14.6 Å². The summed E-state index contributed by atoms with van der Waals surface area (Å²) in [7, 11) is -3.14. The number of hydrogen-bond donors (Lipinski definition) is 0. The monoisotopic (exact) mass is 365 g/mol. The first-order valence-electron chi connectivity index (χ1n) is 9.02. The van der Waals surface area contributed by atoms with Crippen LogP contribution >= 0.6 is 0 Å². The summed E-state index contributed by atoms with van der Waals surface area (Å²) < 4.78 is 29.8. The van der Waals surface area contributed by atoms with Gasteiger partial charge in [-0.15, -0.1) is 0 Å². The highest BCUT2D eigenvalue weighted by Gasteiger charge is 2.62. The van der Waals surface area contributed by atoms with Gasteiger partial charge in [0.15, 0.2) is 9.84 Å². The molecular formula is C19H27NO4S. The fourth-order valence-corrected chi connectivity index (χ4v) is 6.43. The molecule has 2 fully saturated rings. The van der Waals surface area contributed by atoms with Gasteiger partial charge in [-0.3, -0.25) is 4.79 Å². The molecule has 2 aliphatic rings. The minimum atomic E-state index is -3.14. The Morgan fingerprint density at radius 1 is 1.32 bits per heavy atom. The number of carbonyl (C=O) groups is 1. The lowest BCUT2D eigenvalue weighted by Crippen LogP contribution is -2.68. The van der Waals surface area contributed by atoms with E-state index in [1.165, 1.54) is 11.1 Å². The molecule has 6 heteroatoms. The van der Waals surface area contributed by atoms with Gasteiger partial charge in [-0.05, 0) is 37.8 Å².